The molecular weight excluding hydrogens is 959 g/mol. The predicted molar refractivity (Wildman–Crippen MR) is 343 cm³/mol. The van der Waals surface area contributed by atoms with E-state index in [2.05, 4.69) is 43.5 Å². The van der Waals surface area contributed by atoms with Gasteiger partial charge in [0.25, 0.3) is 0 Å². The monoisotopic (exact) mass is 1100 g/mol. The van der Waals surface area contributed by atoms with Crippen LogP contribution in [0.5, 0.6) is 0 Å². The molecule has 0 aromatic carbocycles. The Hall–Kier alpha value is -1.92. The van der Waals surface area contributed by atoms with E-state index in [9.17, 15) is 19.8 Å². The SMILES string of the molecule is CCCCCCCCCCCCCCCCCCCCCCC/C=C/C(O)C(CO)NC(=O)CCCCCCCCCCCC/C=C\C=C/CCCCCOC(=O)CCCCCCCCCCCCCCCCCCCCC. The van der Waals surface area contributed by atoms with Crippen molar-refractivity contribution in [2.45, 2.75) is 398 Å². The smallest absolute Gasteiger partial charge is 0.305 e. The van der Waals surface area contributed by atoms with Crippen molar-refractivity contribution in [1.29, 1.82) is 0 Å². The lowest BCUT2D eigenvalue weighted by Crippen LogP contribution is -2.45. The minimum atomic E-state index is -0.853. The summed E-state index contributed by atoms with van der Waals surface area (Å²) in [7, 11) is 0. The fourth-order valence-corrected chi connectivity index (χ4v) is 11.0. The summed E-state index contributed by atoms with van der Waals surface area (Å²) in [6, 6.07) is -0.637. The number of esters is 1. The third-order valence-electron chi connectivity index (χ3n) is 16.4. The molecule has 2 atom stereocenters. The van der Waals surface area contributed by atoms with Crippen molar-refractivity contribution in [1.82, 2.24) is 5.32 Å². The van der Waals surface area contributed by atoms with E-state index in [1.807, 2.05) is 6.08 Å². The number of ether oxygens (including phenoxy) is 1. The van der Waals surface area contributed by atoms with Crippen LogP contribution >= 0.6 is 0 Å². The molecule has 3 N–H and O–H groups in total. The van der Waals surface area contributed by atoms with Crippen LogP contribution in [0, 0.1) is 0 Å². The maximum atomic E-state index is 12.5. The van der Waals surface area contributed by atoms with Crippen LogP contribution in [0.3, 0.4) is 0 Å². The molecule has 0 bridgehead atoms. The van der Waals surface area contributed by atoms with Gasteiger partial charge < -0.3 is 20.3 Å². The van der Waals surface area contributed by atoms with Crippen LogP contribution in [-0.2, 0) is 14.3 Å². The van der Waals surface area contributed by atoms with E-state index in [0.29, 0.717) is 19.4 Å². The summed E-state index contributed by atoms with van der Waals surface area (Å²) in [5.41, 5.74) is 0. The van der Waals surface area contributed by atoms with Gasteiger partial charge in [0.1, 0.15) is 0 Å². The van der Waals surface area contributed by atoms with Gasteiger partial charge in [0, 0.05) is 12.8 Å². The van der Waals surface area contributed by atoms with E-state index in [1.165, 1.54) is 283 Å². The van der Waals surface area contributed by atoms with Gasteiger partial charge in [-0.15, -0.1) is 0 Å². The molecule has 0 rings (SSSR count). The van der Waals surface area contributed by atoms with Gasteiger partial charge in [0.05, 0.1) is 25.4 Å². The molecular formula is C72H137NO5. The normalized spacial score (nSPS) is 12.7. The molecule has 0 aliphatic rings. The first kappa shape index (κ1) is 76.1. The second kappa shape index (κ2) is 67.6. The fourth-order valence-electron chi connectivity index (χ4n) is 11.0. The van der Waals surface area contributed by atoms with Gasteiger partial charge >= 0.3 is 5.97 Å². The number of unbranched alkanes of at least 4 members (excludes halogenated alkanes) is 52. The summed E-state index contributed by atoms with van der Waals surface area (Å²) in [6.07, 6.45) is 86.5. The van der Waals surface area contributed by atoms with Crippen LogP contribution in [0.4, 0.5) is 0 Å². The first-order valence-corrected chi connectivity index (χ1v) is 35.3. The Balaban J connectivity index is 3.47. The number of hydrogen-bond acceptors (Lipinski definition) is 5. The van der Waals surface area contributed by atoms with Crippen molar-refractivity contribution >= 4 is 11.9 Å². The number of hydrogen-bond donors (Lipinski definition) is 3. The molecule has 460 valence electrons. The molecule has 0 fully saturated rings. The molecule has 1 amide bonds. The van der Waals surface area contributed by atoms with Crippen molar-refractivity contribution in [2.24, 2.45) is 0 Å². The molecule has 0 heterocycles. The second-order valence-electron chi connectivity index (χ2n) is 24.2. The van der Waals surface area contributed by atoms with E-state index in [4.69, 9.17) is 4.74 Å². The van der Waals surface area contributed by atoms with Gasteiger partial charge in [-0.3, -0.25) is 9.59 Å². The van der Waals surface area contributed by atoms with Crippen molar-refractivity contribution in [3.63, 3.8) is 0 Å². The fraction of sp³-hybridized carbons (Fsp3) is 0.889. The molecule has 0 radical (unpaired) electrons. The summed E-state index contributed by atoms with van der Waals surface area (Å²) in [5.74, 6) is -0.0827. The Labute approximate surface area is 487 Å². The number of carbonyl (C=O) groups excluding carboxylic acids is 2. The van der Waals surface area contributed by atoms with Crippen LogP contribution in [0.25, 0.3) is 0 Å². The van der Waals surface area contributed by atoms with Gasteiger partial charge in [0.2, 0.25) is 5.91 Å². The summed E-state index contributed by atoms with van der Waals surface area (Å²) >= 11 is 0. The zero-order chi connectivity index (χ0) is 56.4. The van der Waals surface area contributed by atoms with Crippen molar-refractivity contribution in [3.05, 3.63) is 36.5 Å². The maximum absolute atomic E-state index is 12.5. The zero-order valence-corrected chi connectivity index (χ0v) is 52.7. The Kier molecular flexibility index (Phi) is 65.9. The lowest BCUT2D eigenvalue weighted by atomic mass is 10.0. The zero-order valence-electron chi connectivity index (χ0n) is 52.7. The van der Waals surface area contributed by atoms with Crippen LogP contribution in [0.1, 0.15) is 386 Å². The molecule has 78 heavy (non-hydrogen) atoms. The Morgan fingerprint density at radius 1 is 0.359 bits per heavy atom. The Morgan fingerprint density at radius 2 is 0.628 bits per heavy atom. The van der Waals surface area contributed by atoms with E-state index in [1.54, 1.807) is 6.08 Å². The van der Waals surface area contributed by atoms with E-state index < -0.39 is 12.1 Å². The number of nitrogens with one attached hydrogen (secondary N) is 1. The second-order valence-corrected chi connectivity index (χ2v) is 24.2. The molecule has 0 spiro atoms. The quantitative estimate of drug-likeness (QED) is 0.0244. The largest absolute Gasteiger partial charge is 0.466 e. The molecule has 6 nitrogen and oxygen atoms in total. The highest BCUT2D eigenvalue weighted by Gasteiger charge is 2.18. The molecule has 0 aliphatic heterocycles. The van der Waals surface area contributed by atoms with E-state index in [0.717, 1.165) is 77.0 Å². The molecule has 0 aliphatic carbocycles. The van der Waals surface area contributed by atoms with Gasteiger partial charge in [-0.1, -0.05) is 346 Å². The van der Waals surface area contributed by atoms with Gasteiger partial charge in [-0.05, 0) is 64.2 Å². The lowest BCUT2D eigenvalue weighted by molar-refractivity contribution is -0.143. The Bertz CT molecular complexity index is 1260. The number of allylic oxidation sites excluding steroid dienone is 5. The average molecular weight is 1100 g/mol. The lowest BCUT2D eigenvalue weighted by Gasteiger charge is -2.20. The van der Waals surface area contributed by atoms with Crippen molar-refractivity contribution in [2.75, 3.05) is 13.2 Å². The summed E-state index contributed by atoms with van der Waals surface area (Å²) in [5, 5.41) is 23.3. The third-order valence-corrected chi connectivity index (χ3v) is 16.4. The number of aliphatic hydroxyl groups excluding tert-OH is 2. The topological polar surface area (TPSA) is 95.9 Å². The van der Waals surface area contributed by atoms with Crippen LogP contribution in [0.15, 0.2) is 36.5 Å². The van der Waals surface area contributed by atoms with Gasteiger partial charge in [-0.2, -0.15) is 0 Å². The molecule has 0 aromatic heterocycles. The number of carbonyl (C=O) groups is 2. The molecule has 6 heteroatoms. The molecule has 2 unspecified atom stereocenters. The summed E-state index contributed by atoms with van der Waals surface area (Å²) < 4.78 is 5.48. The van der Waals surface area contributed by atoms with E-state index >= 15 is 0 Å². The highest BCUT2D eigenvalue weighted by Crippen LogP contribution is 2.19. The summed E-state index contributed by atoms with van der Waals surface area (Å²) in [6.45, 7) is 4.90. The van der Waals surface area contributed by atoms with Gasteiger partial charge in [-0.25, -0.2) is 0 Å². The minimum absolute atomic E-state index is 0.00861. The molecule has 0 saturated heterocycles. The standard InChI is InChI=1S/C72H137NO5/c1-3-5-7-9-11-13-15-17-19-21-23-24-25-26-29-32-36-40-44-48-52-56-60-64-70(75)69(68-74)73-71(76)65-61-57-53-49-45-41-37-33-30-27-31-35-39-43-47-51-55-59-63-67-78-72(77)66-62-58-54-50-46-42-38-34-28-22-20-18-16-14-12-10-8-6-4-2/h35,39,43,47,60,64,69-70,74-75H,3-34,36-38,40-42,44-46,48-59,61-63,65-68H2,1-2H3,(H,73,76)/b39-35-,47-43-,64-60+. The Morgan fingerprint density at radius 3 is 0.949 bits per heavy atom. The van der Waals surface area contributed by atoms with Crippen LogP contribution < -0.4 is 5.32 Å². The van der Waals surface area contributed by atoms with Crippen molar-refractivity contribution < 1.29 is 24.5 Å². The first-order chi connectivity index (χ1) is 38.5. The number of amides is 1. The van der Waals surface area contributed by atoms with E-state index in [-0.39, 0.29) is 18.5 Å². The average Bonchev–Trinajstić information content (AvgIpc) is 3.44. The number of rotatable bonds is 66. The number of aliphatic hydroxyl groups is 2. The van der Waals surface area contributed by atoms with Crippen LogP contribution in [-0.4, -0.2) is 47.4 Å². The van der Waals surface area contributed by atoms with Gasteiger partial charge in [0.15, 0.2) is 0 Å². The molecule has 0 saturated carbocycles. The summed E-state index contributed by atoms with van der Waals surface area (Å²) in [4.78, 5) is 24.6. The predicted octanol–water partition coefficient (Wildman–Crippen LogP) is 22.7. The molecule has 0 aromatic rings. The highest BCUT2D eigenvalue weighted by molar-refractivity contribution is 5.76. The third kappa shape index (κ3) is 63.3. The maximum Gasteiger partial charge on any atom is 0.305 e. The van der Waals surface area contributed by atoms with Crippen molar-refractivity contribution in [3.8, 4) is 0 Å². The first-order valence-electron chi connectivity index (χ1n) is 35.3. The minimum Gasteiger partial charge on any atom is -0.466 e. The van der Waals surface area contributed by atoms with Crippen LogP contribution in [0.2, 0.25) is 0 Å². The highest BCUT2D eigenvalue weighted by atomic mass is 16.5.